The number of rotatable bonds is 1. The second-order valence-electron chi connectivity index (χ2n) is 1.92. The van der Waals surface area contributed by atoms with E-state index < -0.39 is 0 Å². The Morgan fingerprint density at radius 2 is 2.44 bits per heavy atom. The van der Waals surface area contributed by atoms with Crippen molar-refractivity contribution in [3.8, 4) is 0 Å². The fourth-order valence-electron chi connectivity index (χ4n) is 0.731. The number of allylic oxidation sites excluding steroid dienone is 5. The summed E-state index contributed by atoms with van der Waals surface area (Å²) in [7, 11) is 0. The van der Waals surface area contributed by atoms with E-state index in [1.54, 1.807) is 0 Å². The molecule has 0 spiro atoms. The summed E-state index contributed by atoms with van der Waals surface area (Å²) in [6.45, 7) is 3.64. The second kappa shape index (κ2) is 2.74. The summed E-state index contributed by atoms with van der Waals surface area (Å²) < 4.78 is 0. The molecule has 1 heteroatoms. The maximum atomic E-state index is 4.97. The highest BCUT2D eigenvalue weighted by Crippen LogP contribution is 2.07. The lowest BCUT2D eigenvalue weighted by Gasteiger charge is -2.00. The van der Waals surface area contributed by atoms with Gasteiger partial charge in [-0.25, -0.2) is 0 Å². The molecule has 0 bridgehead atoms. The van der Waals surface area contributed by atoms with Crippen molar-refractivity contribution >= 4 is 17.1 Å². The largest absolute Gasteiger partial charge is 0.0985 e. The van der Waals surface area contributed by atoms with Crippen molar-refractivity contribution in [2.45, 2.75) is 6.42 Å². The maximum absolute atomic E-state index is 4.97. The van der Waals surface area contributed by atoms with Crippen molar-refractivity contribution in [2.24, 2.45) is 0 Å². The van der Waals surface area contributed by atoms with Gasteiger partial charge in [-0.1, -0.05) is 37.0 Å². The molecule has 46 valence electrons. The minimum absolute atomic E-state index is 0.909. The quantitative estimate of drug-likeness (QED) is 0.499. The van der Waals surface area contributed by atoms with E-state index in [9.17, 15) is 0 Å². The first-order valence-corrected chi connectivity index (χ1v) is 3.27. The van der Waals surface area contributed by atoms with Gasteiger partial charge in [-0.3, -0.25) is 0 Å². The van der Waals surface area contributed by atoms with Crippen LogP contribution in [0.25, 0.3) is 0 Å². The Morgan fingerprint density at radius 3 is 2.89 bits per heavy atom. The van der Waals surface area contributed by atoms with Gasteiger partial charge in [-0.2, -0.15) is 0 Å². The van der Waals surface area contributed by atoms with E-state index in [4.69, 9.17) is 12.2 Å². The summed E-state index contributed by atoms with van der Waals surface area (Å²) in [5.41, 5.74) is 1.12. The van der Waals surface area contributed by atoms with E-state index in [0.717, 1.165) is 16.9 Å². The molecule has 0 saturated heterocycles. The van der Waals surface area contributed by atoms with Crippen LogP contribution in [0.5, 0.6) is 0 Å². The standard InChI is InChI=1S/C8H8S/c1-2-7-4-3-5-8(9)6-7/h2-4,6H,1,5H2. The van der Waals surface area contributed by atoms with Crippen LogP contribution in [0, 0.1) is 0 Å². The molecule has 0 radical (unpaired) electrons. The average Bonchev–Trinajstić information content (AvgIpc) is 1.88. The molecular formula is C8H8S. The van der Waals surface area contributed by atoms with Crippen LogP contribution in [0.15, 0.2) is 36.5 Å². The minimum Gasteiger partial charge on any atom is -0.0985 e. The zero-order valence-corrected chi connectivity index (χ0v) is 5.95. The molecule has 0 aromatic rings. The number of thiocarbonyl (C=S) groups is 1. The topological polar surface area (TPSA) is 0 Å². The molecule has 1 aliphatic carbocycles. The highest BCUT2D eigenvalue weighted by atomic mass is 32.1. The van der Waals surface area contributed by atoms with Gasteiger partial charge in [0, 0.05) is 11.3 Å². The van der Waals surface area contributed by atoms with Crippen LogP contribution < -0.4 is 0 Å². The Hall–Kier alpha value is -0.690. The molecule has 0 amide bonds. The Labute approximate surface area is 60.6 Å². The van der Waals surface area contributed by atoms with E-state index in [1.165, 1.54) is 0 Å². The van der Waals surface area contributed by atoms with Gasteiger partial charge in [-0.15, -0.1) is 0 Å². The van der Waals surface area contributed by atoms with E-state index >= 15 is 0 Å². The first-order chi connectivity index (χ1) is 4.33. The van der Waals surface area contributed by atoms with Crippen LogP contribution in [-0.2, 0) is 0 Å². The Morgan fingerprint density at radius 1 is 1.67 bits per heavy atom. The Bertz CT molecular complexity index is 197. The summed E-state index contributed by atoms with van der Waals surface area (Å²) >= 11 is 4.97. The molecule has 9 heavy (non-hydrogen) atoms. The van der Waals surface area contributed by atoms with Crippen molar-refractivity contribution in [2.75, 3.05) is 0 Å². The van der Waals surface area contributed by atoms with Gasteiger partial charge >= 0.3 is 0 Å². The zero-order chi connectivity index (χ0) is 6.69. The van der Waals surface area contributed by atoms with Crippen molar-refractivity contribution in [1.29, 1.82) is 0 Å². The number of hydrogen-bond donors (Lipinski definition) is 0. The van der Waals surface area contributed by atoms with Gasteiger partial charge in [0.25, 0.3) is 0 Å². The van der Waals surface area contributed by atoms with Crippen LogP contribution in [-0.4, -0.2) is 4.86 Å². The lowest BCUT2D eigenvalue weighted by Crippen LogP contribution is -1.92. The molecule has 0 saturated carbocycles. The molecule has 0 aromatic heterocycles. The number of hydrogen-bond acceptors (Lipinski definition) is 1. The third-order valence-electron chi connectivity index (χ3n) is 1.19. The normalized spacial score (nSPS) is 17.3. The fourth-order valence-corrected chi connectivity index (χ4v) is 0.963. The third kappa shape index (κ3) is 1.61. The van der Waals surface area contributed by atoms with E-state index in [0.29, 0.717) is 0 Å². The monoisotopic (exact) mass is 136 g/mol. The molecule has 0 heterocycles. The molecule has 0 atom stereocenters. The molecule has 0 N–H and O–H groups in total. The zero-order valence-electron chi connectivity index (χ0n) is 5.13. The molecule has 1 rings (SSSR count). The van der Waals surface area contributed by atoms with Crippen molar-refractivity contribution in [1.82, 2.24) is 0 Å². The van der Waals surface area contributed by atoms with E-state index in [2.05, 4.69) is 12.7 Å². The Balaban J connectivity index is 2.82. The van der Waals surface area contributed by atoms with Crippen molar-refractivity contribution in [3.63, 3.8) is 0 Å². The molecular weight excluding hydrogens is 128 g/mol. The van der Waals surface area contributed by atoms with Gasteiger partial charge in [0.2, 0.25) is 0 Å². The van der Waals surface area contributed by atoms with Crippen LogP contribution in [0.2, 0.25) is 0 Å². The van der Waals surface area contributed by atoms with Crippen LogP contribution in [0.4, 0.5) is 0 Å². The average molecular weight is 136 g/mol. The van der Waals surface area contributed by atoms with Gasteiger partial charge in [0.15, 0.2) is 0 Å². The highest BCUT2D eigenvalue weighted by Gasteiger charge is 1.95. The molecule has 1 aliphatic rings. The van der Waals surface area contributed by atoms with Crippen molar-refractivity contribution in [3.05, 3.63) is 36.5 Å². The molecule has 0 fully saturated rings. The SMILES string of the molecule is C=CC1=CC(=S)CC=C1. The van der Waals surface area contributed by atoms with Gasteiger partial charge in [-0.05, 0) is 11.6 Å². The third-order valence-corrected chi connectivity index (χ3v) is 1.48. The summed E-state index contributed by atoms with van der Waals surface area (Å²) in [5, 5.41) is 0. The summed E-state index contributed by atoms with van der Waals surface area (Å²) in [4.78, 5) is 0.993. The first kappa shape index (κ1) is 6.43. The smallest absolute Gasteiger partial charge is 0.0195 e. The Kier molecular flexibility index (Phi) is 1.96. The van der Waals surface area contributed by atoms with Crippen LogP contribution in [0.3, 0.4) is 0 Å². The summed E-state index contributed by atoms with van der Waals surface area (Å²) in [6, 6.07) is 0. The van der Waals surface area contributed by atoms with Crippen molar-refractivity contribution < 1.29 is 0 Å². The predicted molar refractivity (Wildman–Crippen MR) is 44.6 cm³/mol. The van der Waals surface area contributed by atoms with Crippen LogP contribution >= 0.6 is 12.2 Å². The molecule has 0 aliphatic heterocycles. The van der Waals surface area contributed by atoms with Crippen LogP contribution in [0.1, 0.15) is 6.42 Å². The lowest BCUT2D eigenvalue weighted by molar-refractivity contribution is 1.47. The maximum Gasteiger partial charge on any atom is 0.0195 e. The predicted octanol–water partition coefficient (Wildman–Crippen LogP) is 2.43. The first-order valence-electron chi connectivity index (χ1n) is 2.86. The summed E-state index contributed by atoms with van der Waals surface area (Å²) in [6.07, 6.45) is 8.78. The minimum atomic E-state index is 0.909. The van der Waals surface area contributed by atoms with Gasteiger partial charge < -0.3 is 0 Å². The fraction of sp³-hybridized carbons (Fsp3) is 0.125. The van der Waals surface area contributed by atoms with E-state index in [1.807, 2.05) is 18.2 Å². The highest BCUT2D eigenvalue weighted by molar-refractivity contribution is 7.80. The van der Waals surface area contributed by atoms with E-state index in [-0.39, 0.29) is 0 Å². The van der Waals surface area contributed by atoms with Gasteiger partial charge in [0.05, 0.1) is 0 Å². The molecule has 0 unspecified atom stereocenters. The molecule has 0 aromatic carbocycles. The molecule has 0 nitrogen and oxygen atoms in total. The summed E-state index contributed by atoms with van der Waals surface area (Å²) in [5.74, 6) is 0. The second-order valence-corrected chi connectivity index (χ2v) is 2.45. The van der Waals surface area contributed by atoms with Gasteiger partial charge in [0.1, 0.15) is 0 Å². The lowest BCUT2D eigenvalue weighted by atomic mass is 10.1.